The lowest BCUT2D eigenvalue weighted by molar-refractivity contribution is 0.217. The molecule has 0 saturated carbocycles. The van der Waals surface area contributed by atoms with E-state index in [9.17, 15) is 8.42 Å². The zero-order valence-corrected chi connectivity index (χ0v) is 19.0. The van der Waals surface area contributed by atoms with Crippen LogP contribution < -0.4 is 19.5 Å². The molecule has 1 aromatic heterocycles. The highest BCUT2D eigenvalue weighted by molar-refractivity contribution is 7.89. The van der Waals surface area contributed by atoms with Gasteiger partial charge in [-0.3, -0.25) is 0 Å². The molecular formula is C23H28N4O4S. The molecule has 2 atom stereocenters. The second kappa shape index (κ2) is 9.72. The monoisotopic (exact) mass is 456 g/mol. The molecule has 1 aliphatic rings. The van der Waals surface area contributed by atoms with Gasteiger partial charge in [-0.1, -0.05) is 30.3 Å². The highest BCUT2D eigenvalue weighted by atomic mass is 32.2. The van der Waals surface area contributed by atoms with Crippen molar-refractivity contribution >= 4 is 10.0 Å². The van der Waals surface area contributed by atoms with Crippen molar-refractivity contribution in [1.29, 1.82) is 0 Å². The minimum absolute atomic E-state index is 0.00668. The Morgan fingerprint density at radius 3 is 2.75 bits per heavy atom. The number of hydrogen-bond donors (Lipinski definition) is 2. The molecule has 0 amide bonds. The van der Waals surface area contributed by atoms with Gasteiger partial charge in [0.1, 0.15) is 24.7 Å². The fourth-order valence-corrected chi connectivity index (χ4v) is 4.89. The molecule has 0 unspecified atom stereocenters. The van der Waals surface area contributed by atoms with E-state index in [-0.39, 0.29) is 30.1 Å². The first kappa shape index (κ1) is 22.3. The zero-order valence-electron chi connectivity index (χ0n) is 18.2. The van der Waals surface area contributed by atoms with E-state index in [1.165, 1.54) is 18.1 Å². The van der Waals surface area contributed by atoms with Gasteiger partial charge in [0.15, 0.2) is 5.03 Å². The Morgan fingerprint density at radius 1 is 1.22 bits per heavy atom. The highest BCUT2D eigenvalue weighted by Crippen LogP contribution is 2.38. The minimum atomic E-state index is -3.65. The second-order valence-electron chi connectivity index (χ2n) is 7.83. The predicted molar refractivity (Wildman–Crippen MR) is 122 cm³/mol. The molecule has 0 fully saturated rings. The van der Waals surface area contributed by atoms with Gasteiger partial charge in [0.25, 0.3) is 10.0 Å². The summed E-state index contributed by atoms with van der Waals surface area (Å²) in [5.41, 5.74) is 2.35. The van der Waals surface area contributed by atoms with Crippen LogP contribution in [0.1, 0.15) is 17.0 Å². The number of benzene rings is 2. The lowest BCUT2D eigenvalue weighted by Crippen LogP contribution is -2.41. The minimum Gasteiger partial charge on any atom is -0.492 e. The number of rotatable bonds is 9. The Morgan fingerprint density at radius 2 is 2.03 bits per heavy atom. The molecule has 0 radical (unpaired) electrons. The van der Waals surface area contributed by atoms with Crippen LogP contribution >= 0.6 is 0 Å². The Kier molecular flexibility index (Phi) is 6.78. The van der Waals surface area contributed by atoms with Crippen LogP contribution in [-0.4, -0.2) is 50.8 Å². The summed E-state index contributed by atoms with van der Waals surface area (Å²) >= 11 is 0. The average molecular weight is 457 g/mol. The number of imidazole rings is 1. The topological polar surface area (TPSA) is 94.5 Å². The van der Waals surface area contributed by atoms with Gasteiger partial charge in [-0.15, -0.1) is 0 Å². The van der Waals surface area contributed by atoms with Crippen molar-refractivity contribution in [3.8, 4) is 11.5 Å². The van der Waals surface area contributed by atoms with Crippen molar-refractivity contribution in [2.75, 3.05) is 26.8 Å². The number of likely N-dealkylation sites (N-methyl/N-ethyl adjacent to an activating group) is 1. The lowest BCUT2D eigenvalue weighted by atomic mass is 9.84. The first-order chi connectivity index (χ1) is 15.5. The van der Waals surface area contributed by atoms with Gasteiger partial charge in [0.05, 0.1) is 6.33 Å². The summed E-state index contributed by atoms with van der Waals surface area (Å²) in [7, 11) is 0.0178. The number of fused-ring (bicyclic) bond motifs is 1. The van der Waals surface area contributed by atoms with E-state index in [0.717, 1.165) is 17.7 Å². The molecule has 1 aliphatic heterocycles. The zero-order chi connectivity index (χ0) is 22.6. The molecule has 170 valence electrons. The van der Waals surface area contributed by atoms with Crippen LogP contribution in [0.15, 0.2) is 66.1 Å². The molecule has 4 rings (SSSR count). The van der Waals surface area contributed by atoms with Gasteiger partial charge in [0, 0.05) is 37.3 Å². The van der Waals surface area contributed by atoms with Gasteiger partial charge in [0.2, 0.25) is 0 Å². The lowest BCUT2D eigenvalue weighted by Gasteiger charge is -2.34. The molecule has 2 N–H and O–H groups in total. The molecule has 0 aliphatic carbocycles. The van der Waals surface area contributed by atoms with E-state index in [1.807, 2.05) is 31.3 Å². The van der Waals surface area contributed by atoms with Crippen LogP contribution in [0.4, 0.5) is 0 Å². The maximum absolute atomic E-state index is 12.3. The molecule has 8 nitrogen and oxygen atoms in total. The third-order valence-electron chi connectivity index (χ3n) is 5.57. The fraction of sp³-hybridized carbons (Fsp3) is 0.348. The number of nitrogens with one attached hydrogen (secondary N) is 2. The van der Waals surface area contributed by atoms with Crippen molar-refractivity contribution in [3.63, 3.8) is 0 Å². The summed E-state index contributed by atoms with van der Waals surface area (Å²) in [4.78, 5) is 3.88. The van der Waals surface area contributed by atoms with Gasteiger partial charge < -0.3 is 19.4 Å². The molecule has 3 aromatic rings. The van der Waals surface area contributed by atoms with E-state index in [0.29, 0.717) is 12.4 Å². The fourth-order valence-electron chi connectivity index (χ4n) is 3.90. The molecule has 0 spiro atoms. The number of nitrogens with zero attached hydrogens (tertiary/aromatic N) is 2. The maximum Gasteiger partial charge on any atom is 0.259 e. The Labute approximate surface area is 188 Å². The van der Waals surface area contributed by atoms with Crippen LogP contribution in [0.5, 0.6) is 11.5 Å². The van der Waals surface area contributed by atoms with E-state index in [2.05, 4.69) is 39.3 Å². The summed E-state index contributed by atoms with van der Waals surface area (Å²) in [6, 6.07) is 16.3. The number of sulfonamides is 1. The smallest absolute Gasteiger partial charge is 0.259 e. The largest absolute Gasteiger partial charge is 0.492 e. The summed E-state index contributed by atoms with van der Waals surface area (Å²) in [5, 5.41) is 3.36. The Hall–Kier alpha value is -2.88. The van der Waals surface area contributed by atoms with Crippen molar-refractivity contribution in [2.45, 2.75) is 23.4 Å². The Bertz CT molecular complexity index is 1150. The van der Waals surface area contributed by atoms with Gasteiger partial charge in [-0.05, 0) is 37.2 Å². The Balaban J connectivity index is 1.42. The van der Waals surface area contributed by atoms with Crippen LogP contribution in [0, 0.1) is 0 Å². The third-order valence-corrected chi connectivity index (χ3v) is 6.92. The van der Waals surface area contributed by atoms with Crippen molar-refractivity contribution in [2.24, 2.45) is 7.05 Å². The average Bonchev–Trinajstić information content (AvgIpc) is 3.25. The number of hydrogen-bond acceptors (Lipinski definition) is 6. The van der Waals surface area contributed by atoms with Crippen LogP contribution in [0.25, 0.3) is 0 Å². The van der Waals surface area contributed by atoms with Gasteiger partial charge in [-0.2, -0.15) is 0 Å². The van der Waals surface area contributed by atoms with E-state index < -0.39 is 10.0 Å². The van der Waals surface area contributed by atoms with Crippen molar-refractivity contribution in [1.82, 2.24) is 19.6 Å². The van der Waals surface area contributed by atoms with E-state index in [4.69, 9.17) is 9.47 Å². The van der Waals surface area contributed by atoms with E-state index in [1.54, 1.807) is 11.6 Å². The molecule has 32 heavy (non-hydrogen) atoms. The number of ether oxygens (including phenoxy) is 2. The molecular weight excluding hydrogens is 428 g/mol. The quantitative estimate of drug-likeness (QED) is 0.479. The maximum atomic E-state index is 12.3. The number of aromatic nitrogens is 2. The van der Waals surface area contributed by atoms with Crippen molar-refractivity contribution in [3.05, 3.63) is 72.2 Å². The molecule has 2 aromatic carbocycles. The highest BCUT2D eigenvalue weighted by Gasteiger charge is 2.30. The summed E-state index contributed by atoms with van der Waals surface area (Å²) in [6.07, 6.45) is 3.79. The third kappa shape index (κ3) is 5.12. The summed E-state index contributed by atoms with van der Waals surface area (Å²) in [5.74, 6) is 1.78. The van der Waals surface area contributed by atoms with Gasteiger partial charge in [-0.25, -0.2) is 18.1 Å². The SMILES string of the molecule is CN[C@H]1COc2ccc(OCCNS(=O)(=O)c3cn(C)cn3)cc2[C@@H]1Cc1ccccc1. The first-order valence-electron chi connectivity index (χ1n) is 10.5. The summed E-state index contributed by atoms with van der Waals surface area (Å²) in [6.45, 7) is 0.945. The predicted octanol–water partition coefficient (Wildman–Crippen LogP) is 2.08. The molecule has 9 heteroatoms. The standard InChI is InChI=1S/C23H28N4O4S/c1-24-21-15-31-22-9-8-18(13-20(22)19(21)12-17-6-4-3-5-7-17)30-11-10-26-32(28,29)23-14-27(2)16-25-23/h3-9,13-14,16,19,21,24,26H,10-12,15H2,1-2H3/t19-,21-/m0/s1. The normalized spacial score (nSPS) is 18.1. The second-order valence-corrected chi connectivity index (χ2v) is 9.54. The molecule has 0 saturated heterocycles. The summed E-state index contributed by atoms with van der Waals surface area (Å²) < 4.78 is 40.4. The van der Waals surface area contributed by atoms with E-state index >= 15 is 0 Å². The van der Waals surface area contributed by atoms with Crippen LogP contribution in [0.2, 0.25) is 0 Å². The van der Waals surface area contributed by atoms with Gasteiger partial charge >= 0.3 is 0 Å². The molecule has 2 heterocycles. The van der Waals surface area contributed by atoms with Crippen LogP contribution in [0.3, 0.4) is 0 Å². The molecule has 0 bridgehead atoms. The van der Waals surface area contributed by atoms with Crippen LogP contribution in [-0.2, 0) is 23.5 Å². The first-order valence-corrected chi connectivity index (χ1v) is 12.0. The van der Waals surface area contributed by atoms with Crippen molar-refractivity contribution < 1.29 is 17.9 Å². The number of aryl methyl sites for hydroxylation is 1.